The molecule has 0 spiro atoms. The SMILES string of the molecule is Cn1nnc2c(N3CC(C(=O)Nc4ccccc4Oc4ccccc4)C3)ncnc21. The number of hydrogen-bond acceptors (Lipinski definition) is 7. The molecular weight excluding hydrogens is 382 g/mol. The molecule has 1 aliphatic heterocycles. The summed E-state index contributed by atoms with van der Waals surface area (Å²) in [4.78, 5) is 23.3. The van der Waals surface area contributed by atoms with Crippen molar-refractivity contribution in [2.45, 2.75) is 0 Å². The largest absolute Gasteiger partial charge is 0.455 e. The number of carbonyl (C=O) groups is 1. The van der Waals surface area contributed by atoms with E-state index in [2.05, 4.69) is 25.6 Å². The predicted molar refractivity (Wildman–Crippen MR) is 111 cm³/mol. The van der Waals surface area contributed by atoms with Gasteiger partial charge >= 0.3 is 0 Å². The lowest BCUT2D eigenvalue weighted by Gasteiger charge is -2.38. The number of aryl methyl sites for hydroxylation is 1. The van der Waals surface area contributed by atoms with Crippen LogP contribution < -0.4 is 15.0 Å². The lowest BCUT2D eigenvalue weighted by atomic mass is 9.99. The van der Waals surface area contributed by atoms with Crippen LogP contribution in [0.2, 0.25) is 0 Å². The van der Waals surface area contributed by atoms with Gasteiger partial charge in [0.15, 0.2) is 22.7 Å². The van der Waals surface area contributed by atoms with Crippen molar-refractivity contribution in [2.75, 3.05) is 23.3 Å². The summed E-state index contributed by atoms with van der Waals surface area (Å²) >= 11 is 0. The molecule has 0 bridgehead atoms. The molecule has 1 fully saturated rings. The topological polar surface area (TPSA) is 98.1 Å². The first-order valence-corrected chi connectivity index (χ1v) is 9.57. The zero-order chi connectivity index (χ0) is 20.5. The molecule has 4 aromatic rings. The monoisotopic (exact) mass is 401 g/mol. The van der Waals surface area contributed by atoms with Crippen LogP contribution >= 0.6 is 0 Å². The number of benzene rings is 2. The van der Waals surface area contributed by atoms with Crippen LogP contribution in [-0.2, 0) is 11.8 Å². The number of amides is 1. The molecule has 1 aliphatic rings. The predicted octanol–water partition coefficient (Wildman–Crippen LogP) is 2.63. The lowest BCUT2D eigenvalue weighted by Crippen LogP contribution is -2.52. The summed E-state index contributed by atoms with van der Waals surface area (Å²) in [5.74, 6) is 1.80. The molecular formula is C21H19N7O2. The van der Waals surface area contributed by atoms with Gasteiger partial charge < -0.3 is 15.0 Å². The Labute approximate surface area is 172 Å². The molecule has 5 rings (SSSR count). The van der Waals surface area contributed by atoms with Crippen LogP contribution in [0.5, 0.6) is 11.5 Å². The van der Waals surface area contributed by atoms with Crippen LogP contribution in [0.4, 0.5) is 11.5 Å². The lowest BCUT2D eigenvalue weighted by molar-refractivity contribution is -0.120. The first kappa shape index (κ1) is 18.0. The maximum Gasteiger partial charge on any atom is 0.231 e. The van der Waals surface area contributed by atoms with E-state index < -0.39 is 0 Å². The van der Waals surface area contributed by atoms with Gasteiger partial charge in [0.05, 0.1) is 11.6 Å². The van der Waals surface area contributed by atoms with Crippen LogP contribution in [0, 0.1) is 5.92 Å². The molecule has 9 heteroatoms. The van der Waals surface area contributed by atoms with Gasteiger partial charge in [-0.15, -0.1) is 5.10 Å². The smallest absolute Gasteiger partial charge is 0.231 e. The number of nitrogens with zero attached hydrogens (tertiary/aromatic N) is 6. The average molecular weight is 401 g/mol. The third kappa shape index (κ3) is 3.30. The average Bonchev–Trinajstić information content (AvgIpc) is 3.11. The molecule has 30 heavy (non-hydrogen) atoms. The summed E-state index contributed by atoms with van der Waals surface area (Å²) in [5, 5.41) is 11.1. The molecule has 0 unspecified atom stereocenters. The third-order valence-corrected chi connectivity index (χ3v) is 5.04. The summed E-state index contributed by atoms with van der Waals surface area (Å²) in [6.07, 6.45) is 1.49. The normalized spacial score (nSPS) is 13.8. The van der Waals surface area contributed by atoms with E-state index in [-0.39, 0.29) is 11.8 Å². The minimum Gasteiger partial charge on any atom is -0.455 e. The van der Waals surface area contributed by atoms with E-state index in [1.165, 1.54) is 6.33 Å². The van der Waals surface area contributed by atoms with E-state index in [4.69, 9.17) is 4.74 Å². The van der Waals surface area contributed by atoms with Crippen molar-refractivity contribution >= 4 is 28.6 Å². The van der Waals surface area contributed by atoms with Gasteiger partial charge in [0.1, 0.15) is 12.1 Å². The van der Waals surface area contributed by atoms with Gasteiger partial charge in [-0.2, -0.15) is 0 Å². The van der Waals surface area contributed by atoms with Crippen molar-refractivity contribution < 1.29 is 9.53 Å². The highest BCUT2D eigenvalue weighted by Gasteiger charge is 2.35. The van der Waals surface area contributed by atoms with Crippen LogP contribution in [-0.4, -0.2) is 44.0 Å². The summed E-state index contributed by atoms with van der Waals surface area (Å²) in [6, 6.07) is 16.9. The van der Waals surface area contributed by atoms with Gasteiger partial charge in [0.2, 0.25) is 5.91 Å². The van der Waals surface area contributed by atoms with Crippen molar-refractivity contribution in [1.82, 2.24) is 25.0 Å². The quantitative estimate of drug-likeness (QED) is 0.549. The molecule has 1 saturated heterocycles. The van der Waals surface area contributed by atoms with E-state index in [0.717, 1.165) is 0 Å². The van der Waals surface area contributed by atoms with Crippen molar-refractivity contribution in [3.8, 4) is 11.5 Å². The van der Waals surface area contributed by atoms with Crippen molar-refractivity contribution in [2.24, 2.45) is 13.0 Å². The zero-order valence-electron chi connectivity index (χ0n) is 16.3. The van der Waals surface area contributed by atoms with E-state index in [1.807, 2.05) is 59.5 Å². The Morgan fingerprint density at radius 1 is 1.07 bits per heavy atom. The molecule has 2 aromatic heterocycles. The Morgan fingerprint density at radius 2 is 1.83 bits per heavy atom. The minimum atomic E-state index is -0.156. The standard InChI is InChI=1S/C21H19N7O2/c1-27-19-18(25-26-27)20(23-13-22-19)28-11-14(12-28)21(29)24-16-9-5-6-10-17(16)30-15-7-3-2-4-8-15/h2-10,13-14H,11-12H2,1H3,(H,24,29). The summed E-state index contributed by atoms with van der Waals surface area (Å²) in [6.45, 7) is 1.10. The van der Waals surface area contributed by atoms with Crippen LogP contribution in [0.25, 0.3) is 11.2 Å². The number of rotatable bonds is 5. The number of ether oxygens (including phenoxy) is 1. The van der Waals surface area contributed by atoms with Gasteiger partial charge in [-0.25, -0.2) is 14.6 Å². The molecule has 9 nitrogen and oxygen atoms in total. The first-order chi connectivity index (χ1) is 14.7. The second kappa shape index (κ2) is 7.43. The van der Waals surface area contributed by atoms with Crippen LogP contribution in [0.1, 0.15) is 0 Å². The molecule has 0 radical (unpaired) electrons. The van der Waals surface area contributed by atoms with Gasteiger partial charge in [-0.05, 0) is 24.3 Å². The van der Waals surface area contributed by atoms with E-state index >= 15 is 0 Å². The van der Waals surface area contributed by atoms with Gasteiger partial charge in [-0.1, -0.05) is 35.5 Å². The highest BCUT2D eigenvalue weighted by molar-refractivity contribution is 5.96. The summed E-state index contributed by atoms with van der Waals surface area (Å²) in [7, 11) is 1.79. The Bertz CT molecular complexity index is 1200. The third-order valence-electron chi connectivity index (χ3n) is 5.04. The van der Waals surface area contributed by atoms with Crippen molar-refractivity contribution in [3.05, 3.63) is 60.9 Å². The van der Waals surface area contributed by atoms with E-state index in [0.29, 0.717) is 47.3 Å². The molecule has 3 heterocycles. The Morgan fingerprint density at radius 3 is 2.67 bits per heavy atom. The van der Waals surface area contributed by atoms with Gasteiger partial charge in [0, 0.05) is 20.1 Å². The Hall–Kier alpha value is -4.01. The maximum absolute atomic E-state index is 12.8. The van der Waals surface area contributed by atoms with Crippen molar-refractivity contribution in [1.29, 1.82) is 0 Å². The number of para-hydroxylation sites is 3. The fourth-order valence-corrected chi connectivity index (χ4v) is 3.40. The van der Waals surface area contributed by atoms with Gasteiger partial charge in [-0.3, -0.25) is 4.79 Å². The first-order valence-electron chi connectivity index (χ1n) is 9.57. The number of fused-ring (bicyclic) bond motifs is 1. The number of anilines is 2. The van der Waals surface area contributed by atoms with Gasteiger partial charge in [0.25, 0.3) is 0 Å². The molecule has 150 valence electrons. The summed E-state index contributed by atoms with van der Waals surface area (Å²) in [5.41, 5.74) is 1.95. The molecule has 0 saturated carbocycles. The van der Waals surface area contributed by atoms with E-state index in [1.54, 1.807) is 11.7 Å². The fraction of sp³-hybridized carbons (Fsp3) is 0.190. The molecule has 1 amide bonds. The summed E-state index contributed by atoms with van der Waals surface area (Å²) < 4.78 is 7.53. The Balaban J connectivity index is 1.27. The number of hydrogen-bond donors (Lipinski definition) is 1. The number of aromatic nitrogens is 5. The highest BCUT2D eigenvalue weighted by Crippen LogP contribution is 2.31. The molecule has 2 aromatic carbocycles. The second-order valence-electron chi connectivity index (χ2n) is 7.08. The minimum absolute atomic E-state index is 0.0557. The number of nitrogens with one attached hydrogen (secondary N) is 1. The number of carbonyl (C=O) groups excluding carboxylic acids is 1. The molecule has 1 N–H and O–H groups in total. The molecule has 0 atom stereocenters. The second-order valence-corrected chi connectivity index (χ2v) is 7.08. The highest BCUT2D eigenvalue weighted by atomic mass is 16.5. The Kier molecular flexibility index (Phi) is 4.47. The fourth-order valence-electron chi connectivity index (χ4n) is 3.40. The van der Waals surface area contributed by atoms with E-state index in [9.17, 15) is 4.79 Å². The van der Waals surface area contributed by atoms with Crippen LogP contribution in [0.3, 0.4) is 0 Å². The zero-order valence-corrected chi connectivity index (χ0v) is 16.3. The van der Waals surface area contributed by atoms with Crippen LogP contribution in [0.15, 0.2) is 60.9 Å². The maximum atomic E-state index is 12.8. The van der Waals surface area contributed by atoms with Crippen molar-refractivity contribution in [3.63, 3.8) is 0 Å². The molecule has 0 aliphatic carbocycles.